The third-order valence-corrected chi connectivity index (χ3v) is 7.43. The van der Waals surface area contributed by atoms with Crippen molar-refractivity contribution in [1.82, 2.24) is 5.32 Å². The van der Waals surface area contributed by atoms with E-state index >= 15 is 0 Å². The number of halogens is 1. The largest absolute Gasteiger partial charge is 0.393 e. The summed E-state index contributed by atoms with van der Waals surface area (Å²) in [5, 5.41) is 13.9. The van der Waals surface area contributed by atoms with Gasteiger partial charge in [-0.2, -0.15) is 0 Å². The molecule has 3 aliphatic carbocycles. The number of carbonyl (C=O) groups excluding carboxylic acids is 1. The lowest BCUT2D eigenvalue weighted by atomic mass is 9.49. The summed E-state index contributed by atoms with van der Waals surface area (Å²) in [6.45, 7) is 4.22. The minimum atomic E-state index is -0.780. The maximum atomic E-state index is 14.5. The average molecular weight is 307 g/mol. The van der Waals surface area contributed by atoms with E-state index in [1.54, 1.807) is 0 Å². The van der Waals surface area contributed by atoms with Gasteiger partial charge in [0.15, 0.2) is 0 Å². The van der Waals surface area contributed by atoms with E-state index in [9.17, 15) is 14.3 Å². The molecular formula is C18H26FNO2. The number of allylic oxidation sites excluding steroid dienone is 2. The molecule has 0 aromatic carbocycles. The first-order chi connectivity index (χ1) is 10.4. The molecule has 1 heterocycles. The highest BCUT2D eigenvalue weighted by molar-refractivity contribution is 5.79. The second-order valence-electron chi connectivity index (χ2n) is 8.44. The molecule has 2 N–H and O–H groups in total. The molecule has 3 fully saturated rings. The Morgan fingerprint density at radius 3 is 2.91 bits per heavy atom. The summed E-state index contributed by atoms with van der Waals surface area (Å²) in [6.07, 6.45) is 5.24. The zero-order valence-corrected chi connectivity index (χ0v) is 13.4. The Hall–Kier alpha value is -0.900. The highest BCUT2D eigenvalue weighted by Crippen LogP contribution is 2.64. The van der Waals surface area contributed by atoms with Crippen LogP contribution in [0.4, 0.5) is 4.39 Å². The van der Waals surface area contributed by atoms with Crippen molar-refractivity contribution in [1.29, 1.82) is 0 Å². The number of aliphatic hydroxyl groups excluding tert-OH is 1. The van der Waals surface area contributed by atoms with Crippen LogP contribution in [0.3, 0.4) is 0 Å². The standard InChI is InChI=1S/C18H26FNO2/c1-17-8-7-15(22)20-14(17)6-3-10-11-4-5-13(19)18(11,2)9-12(21)16(10)17/h6,10-13,16,21H,3-5,7-9H2,1-2H3,(H,20,22)/t10?,11?,12-,13?,16?,17?,18?/m0/s1. The monoisotopic (exact) mass is 307 g/mol. The number of hydrogen-bond donors (Lipinski definition) is 2. The van der Waals surface area contributed by atoms with E-state index in [-0.39, 0.29) is 22.7 Å². The summed E-state index contributed by atoms with van der Waals surface area (Å²) in [5.74, 6) is 0.944. The fourth-order valence-corrected chi connectivity index (χ4v) is 6.27. The van der Waals surface area contributed by atoms with Gasteiger partial charge >= 0.3 is 0 Å². The van der Waals surface area contributed by atoms with Crippen LogP contribution in [0.15, 0.2) is 11.8 Å². The fraction of sp³-hybridized carbons (Fsp3) is 0.833. The predicted octanol–water partition coefficient (Wildman–Crippen LogP) is 2.94. The molecule has 0 aromatic heterocycles. The first kappa shape index (κ1) is 14.7. The van der Waals surface area contributed by atoms with Crippen LogP contribution in [0.2, 0.25) is 0 Å². The van der Waals surface area contributed by atoms with Gasteiger partial charge in [0, 0.05) is 22.9 Å². The predicted molar refractivity (Wildman–Crippen MR) is 81.5 cm³/mol. The summed E-state index contributed by atoms with van der Waals surface area (Å²) in [7, 11) is 0. The molecule has 1 amide bonds. The Bertz CT molecular complexity index is 547. The van der Waals surface area contributed by atoms with Crippen molar-refractivity contribution >= 4 is 5.91 Å². The van der Waals surface area contributed by atoms with Gasteiger partial charge in [-0.05, 0) is 49.9 Å². The van der Waals surface area contributed by atoms with Crippen molar-refractivity contribution < 1.29 is 14.3 Å². The van der Waals surface area contributed by atoms with Gasteiger partial charge in [-0.15, -0.1) is 0 Å². The first-order valence-corrected chi connectivity index (χ1v) is 8.69. The lowest BCUT2D eigenvalue weighted by Gasteiger charge is -2.58. The van der Waals surface area contributed by atoms with Gasteiger partial charge in [0.1, 0.15) is 6.17 Å². The van der Waals surface area contributed by atoms with E-state index < -0.39 is 12.3 Å². The van der Waals surface area contributed by atoms with Crippen molar-refractivity contribution in [2.45, 2.75) is 64.6 Å². The molecule has 6 unspecified atom stereocenters. The van der Waals surface area contributed by atoms with Crippen LogP contribution < -0.4 is 5.32 Å². The number of amides is 1. The minimum absolute atomic E-state index is 0.0852. The van der Waals surface area contributed by atoms with Crippen molar-refractivity contribution in [2.75, 3.05) is 0 Å². The summed E-state index contributed by atoms with van der Waals surface area (Å²) in [4.78, 5) is 11.7. The normalized spacial score (nSPS) is 53.9. The molecule has 3 nitrogen and oxygen atoms in total. The SMILES string of the molecule is CC12CCC(=O)NC1=CCC1C2[C@@H](O)CC2(C)C(F)CCC12. The van der Waals surface area contributed by atoms with E-state index in [4.69, 9.17) is 0 Å². The topological polar surface area (TPSA) is 49.3 Å². The van der Waals surface area contributed by atoms with Crippen LogP contribution in [-0.4, -0.2) is 23.3 Å². The molecule has 2 saturated carbocycles. The van der Waals surface area contributed by atoms with Crippen LogP contribution in [0.5, 0.6) is 0 Å². The molecule has 122 valence electrons. The van der Waals surface area contributed by atoms with Crippen molar-refractivity contribution in [3.8, 4) is 0 Å². The Kier molecular flexibility index (Phi) is 3.04. The zero-order valence-electron chi connectivity index (χ0n) is 13.4. The van der Waals surface area contributed by atoms with Crippen LogP contribution in [0.1, 0.15) is 52.4 Å². The summed E-state index contributed by atoms with van der Waals surface area (Å²) < 4.78 is 14.5. The Morgan fingerprint density at radius 2 is 2.14 bits per heavy atom. The maximum Gasteiger partial charge on any atom is 0.224 e. The summed E-state index contributed by atoms with van der Waals surface area (Å²) in [5.41, 5.74) is 0.481. The van der Waals surface area contributed by atoms with Crippen LogP contribution >= 0.6 is 0 Å². The van der Waals surface area contributed by atoms with Gasteiger partial charge in [-0.1, -0.05) is 19.9 Å². The van der Waals surface area contributed by atoms with Crippen molar-refractivity contribution in [2.24, 2.45) is 28.6 Å². The number of hydrogen-bond acceptors (Lipinski definition) is 2. The average Bonchev–Trinajstić information content (AvgIpc) is 2.75. The van der Waals surface area contributed by atoms with Gasteiger partial charge < -0.3 is 10.4 Å². The number of nitrogens with one attached hydrogen (secondary N) is 1. The van der Waals surface area contributed by atoms with Crippen LogP contribution in [0.25, 0.3) is 0 Å². The third-order valence-electron chi connectivity index (χ3n) is 7.43. The van der Waals surface area contributed by atoms with Crippen molar-refractivity contribution in [3.05, 3.63) is 11.8 Å². The van der Waals surface area contributed by atoms with E-state index in [0.29, 0.717) is 31.1 Å². The molecule has 0 bridgehead atoms. The number of carbonyl (C=O) groups is 1. The molecule has 1 saturated heterocycles. The smallest absolute Gasteiger partial charge is 0.224 e. The second kappa shape index (κ2) is 4.56. The second-order valence-corrected chi connectivity index (χ2v) is 8.44. The molecule has 22 heavy (non-hydrogen) atoms. The summed E-state index contributed by atoms with van der Waals surface area (Å²) >= 11 is 0. The summed E-state index contributed by atoms with van der Waals surface area (Å²) in [6, 6.07) is 0. The molecule has 0 aromatic rings. The number of alkyl halides is 1. The van der Waals surface area contributed by atoms with Gasteiger partial charge in [-0.25, -0.2) is 4.39 Å². The molecule has 4 aliphatic rings. The Morgan fingerprint density at radius 1 is 1.36 bits per heavy atom. The fourth-order valence-electron chi connectivity index (χ4n) is 6.27. The van der Waals surface area contributed by atoms with E-state index in [1.807, 2.05) is 6.92 Å². The molecule has 4 heteroatoms. The number of rotatable bonds is 0. The molecule has 0 spiro atoms. The first-order valence-electron chi connectivity index (χ1n) is 8.69. The maximum absolute atomic E-state index is 14.5. The Balaban J connectivity index is 1.74. The highest BCUT2D eigenvalue weighted by atomic mass is 19.1. The van der Waals surface area contributed by atoms with Gasteiger partial charge in [0.2, 0.25) is 5.91 Å². The lowest BCUT2D eigenvalue weighted by Crippen LogP contribution is -2.58. The van der Waals surface area contributed by atoms with Crippen molar-refractivity contribution in [3.63, 3.8) is 0 Å². The lowest BCUT2D eigenvalue weighted by molar-refractivity contribution is -0.136. The quantitative estimate of drug-likeness (QED) is 0.723. The van der Waals surface area contributed by atoms with Crippen LogP contribution in [-0.2, 0) is 4.79 Å². The van der Waals surface area contributed by atoms with Gasteiger partial charge in [0.05, 0.1) is 6.10 Å². The van der Waals surface area contributed by atoms with Gasteiger partial charge in [0.25, 0.3) is 0 Å². The molecule has 4 rings (SSSR count). The number of aliphatic hydroxyl groups is 1. The van der Waals surface area contributed by atoms with Gasteiger partial charge in [-0.3, -0.25) is 4.79 Å². The highest BCUT2D eigenvalue weighted by Gasteiger charge is 2.62. The van der Waals surface area contributed by atoms with E-state index in [0.717, 1.165) is 25.0 Å². The van der Waals surface area contributed by atoms with E-state index in [1.165, 1.54) is 0 Å². The zero-order chi connectivity index (χ0) is 15.7. The molecule has 0 radical (unpaired) electrons. The molecule has 7 atom stereocenters. The molecule has 1 aliphatic heterocycles. The number of fused-ring (bicyclic) bond motifs is 5. The minimum Gasteiger partial charge on any atom is -0.393 e. The van der Waals surface area contributed by atoms with Crippen LogP contribution in [0, 0.1) is 28.6 Å². The third kappa shape index (κ3) is 1.73. The Labute approximate surface area is 131 Å². The number of piperidine rings is 1. The molecular weight excluding hydrogens is 281 g/mol. The van der Waals surface area contributed by atoms with E-state index in [2.05, 4.69) is 18.3 Å².